The zero-order chi connectivity index (χ0) is 15.9. The lowest BCUT2D eigenvalue weighted by Gasteiger charge is -2.04. The highest BCUT2D eigenvalue weighted by Gasteiger charge is 2.13. The molecule has 3 rings (SSSR count). The number of aryl methyl sites for hydroxylation is 1. The molecule has 0 fully saturated rings. The van der Waals surface area contributed by atoms with Crippen molar-refractivity contribution in [2.45, 2.75) is 6.92 Å². The lowest BCUT2D eigenvalue weighted by molar-refractivity contribution is -0.114. The molecule has 0 radical (unpaired) electrons. The number of aromatic hydroxyl groups is 1. The summed E-state index contributed by atoms with van der Waals surface area (Å²) in [6.45, 7) is 1.91. The monoisotopic (exact) mass is 297 g/mol. The fourth-order valence-electron chi connectivity index (χ4n) is 2.17. The van der Waals surface area contributed by atoms with Gasteiger partial charge < -0.3 is 5.11 Å². The molecule has 110 valence electrons. The molecule has 1 aromatic heterocycles. The van der Waals surface area contributed by atoms with E-state index in [0.29, 0.717) is 5.36 Å². The normalized spacial score (nSPS) is 15.1. The fraction of sp³-hybridized carbons (Fsp3) is 0.0667. The molecule has 0 saturated heterocycles. The van der Waals surface area contributed by atoms with E-state index in [1.807, 2.05) is 24.0 Å². The van der Waals surface area contributed by atoms with Crippen LogP contribution < -0.4 is 21.8 Å². The smallest absolute Gasteiger partial charge is 0.328 e. The Bertz CT molecular complexity index is 1060. The van der Waals surface area contributed by atoms with Crippen molar-refractivity contribution in [3.05, 3.63) is 66.3 Å². The Morgan fingerprint density at radius 2 is 1.95 bits per heavy atom. The van der Waals surface area contributed by atoms with Crippen molar-refractivity contribution >= 4 is 18.1 Å². The first-order chi connectivity index (χ1) is 10.4. The maximum absolute atomic E-state index is 12.0. The molecular formula is C15H11N3O4. The molecule has 0 aliphatic carbocycles. The molecule has 7 nitrogen and oxygen atoms in total. The van der Waals surface area contributed by atoms with Crippen LogP contribution in [0.2, 0.25) is 0 Å². The molecule has 1 aliphatic rings. The number of H-pyrrole nitrogens is 2. The number of carbonyl (C=O) groups excluding carboxylic acids is 1. The summed E-state index contributed by atoms with van der Waals surface area (Å²) in [5.41, 5.74) is -0.667. The average Bonchev–Trinajstić information content (AvgIpc) is 2.43. The number of hydrogen-bond acceptors (Lipinski definition) is 4. The molecule has 0 bridgehead atoms. The maximum Gasteiger partial charge on any atom is 0.328 e. The molecule has 1 amide bonds. The predicted octanol–water partition coefficient (Wildman–Crippen LogP) is -0.899. The van der Waals surface area contributed by atoms with Gasteiger partial charge in [-0.05, 0) is 31.2 Å². The van der Waals surface area contributed by atoms with Gasteiger partial charge in [-0.1, -0.05) is 11.6 Å². The predicted molar refractivity (Wildman–Crippen MR) is 78.8 cm³/mol. The van der Waals surface area contributed by atoms with Gasteiger partial charge in [0, 0.05) is 10.8 Å². The van der Waals surface area contributed by atoms with Crippen LogP contribution in [0.5, 0.6) is 5.88 Å². The number of carbonyl (C=O) groups is 1. The molecule has 22 heavy (non-hydrogen) atoms. The van der Waals surface area contributed by atoms with Gasteiger partial charge in [-0.3, -0.25) is 19.6 Å². The fourth-order valence-corrected chi connectivity index (χ4v) is 2.17. The Morgan fingerprint density at radius 1 is 1.18 bits per heavy atom. The van der Waals surface area contributed by atoms with E-state index in [9.17, 15) is 19.5 Å². The van der Waals surface area contributed by atoms with Crippen molar-refractivity contribution in [1.82, 2.24) is 9.97 Å². The summed E-state index contributed by atoms with van der Waals surface area (Å²) in [6.07, 6.45) is 2.78. The van der Waals surface area contributed by atoms with E-state index in [1.54, 1.807) is 12.1 Å². The minimum absolute atomic E-state index is 0.144. The number of rotatable bonds is 1. The van der Waals surface area contributed by atoms with Crippen LogP contribution in [0.3, 0.4) is 0 Å². The molecule has 2 aromatic rings. The van der Waals surface area contributed by atoms with Crippen LogP contribution in [0.4, 0.5) is 0 Å². The van der Waals surface area contributed by atoms with Crippen LogP contribution in [0.1, 0.15) is 11.1 Å². The molecule has 1 aliphatic heterocycles. The second-order valence-electron chi connectivity index (χ2n) is 4.89. The van der Waals surface area contributed by atoms with Crippen molar-refractivity contribution in [3.8, 4) is 5.88 Å². The topological polar surface area (TPSA) is 115 Å². The molecule has 3 N–H and O–H groups in total. The standard InChI is InChI=1S/C15H11N3O4/c1-7-2-3-11-8(4-7)5-9(12(19)16-11)6-10-13(20)17-15(22)18-14(10)21/h2-6H,1H3,(H3,17,18,20,21,22). The highest BCUT2D eigenvalue weighted by Crippen LogP contribution is 2.13. The summed E-state index contributed by atoms with van der Waals surface area (Å²) < 4.78 is 0. The number of nitrogens with zero attached hydrogens (tertiary/aromatic N) is 1. The summed E-state index contributed by atoms with van der Waals surface area (Å²) in [4.78, 5) is 42.7. The van der Waals surface area contributed by atoms with E-state index >= 15 is 0 Å². The molecule has 1 aromatic carbocycles. The Balaban J connectivity index is 2.23. The number of nitrogens with one attached hydrogen (secondary N) is 2. The molecule has 2 heterocycles. The van der Waals surface area contributed by atoms with Gasteiger partial charge in [-0.2, -0.15) is 0 Å². The summed E-state index contributed by atoms with van der Waals surface area (Å²) in [7, 11) is 0. The lowest BCUT2D eigenvalue weighted by atomic mass is 10.1. The Morgan fingerprint density at radius 3 is 2.68 bits per heavy atom. The van der Waals surface area contributed by atoms with E-state index in [2.05, 4.69) is 9.98 Å². The van der Waals surface area contributed by atoms with E-state index < -0.39 is 23.0 Å². The molecule has 0 spiro atoms. The van der Waals surface area contributed by atoms with Crippen LogP contribution in [0.15, 0.2) is 38.4 Å². The van der Waals surface area contributed by atoms with Crippen LogP contribution in [0.25, 0.3) is 12.2 Å². The van der Waals surface area contributed by atoms with Crippen molar-refractivity contribution in [2.24, 2.45) is 4.99 Å². The quantitative estimate of drug-likeness (QED) is 0.592. The SMILES string of the molecule is Cc1ccc2c(c1)=CC(=Cc1c(O)[nH]c(=O)[nH]c1=O)C(=O)N=2. The lowest BCUT2D eigenvalue weighted by Crippen LogP contribution is -2.31. The third kappa shape index (κ3) is 2.39. The van der Waals surface area contributed by atoms with Gasteiger partial charge in [-0.25, -0.2) is 9.79 Å². The van der Waals surface area contributed by atoms with Gasteiger partial charge >= 0.3 is 5.69 Å². The minimum atomic E-state index is -0.825. The molecule has 7 heteroatoms. The largest absolute Gasteiger partial charge is 0.494 e. The highest BCUT2D eigenvalue weighted by atomic mass is 16.3. The van der Waals surface area contributed by atoms with Gasteiger partial charge in [0.15, 0.2) is 0 Å². The van der Waals surface area contributed by atoms with Gasteiger partial charge in [-0.15, -0.1) is 0 Å². The summed E-state index contributed by atoms with van der Waals surface area (Å²) >= 11 is 0. The number of benzene rings is 1. The number of aromatic nitrogens is 2. The molecular weight excluding hydrogens is 286 g/mol. The van der Waals surface area contributed by atoms with Crippen molar-refractivity contribution in [1.29, 1.82) is 0 Å². The molecule has 0 unspecified atom stereocenters. The average molecular weight is 297 g/mol. The van der Waals surface area contributed by atoms with Gasteiger partial charge in [0.05, 0.1) is 5.36 Å². The third-order valence-corrected chi connectivity index (χ3v) is 3.22. The van der Waals surface area contributed by atoms with Crippen LogP contribution in [-0.2, 0) is 4.79 Å². The van der Waals surface area contributed by atoms with Crippen molar-refractivity contribution in [2.75, 3.05) is 0 Å². The highest BCUT2D eigenvalue weighted by molar-refractivity contribution is 6.07. The number of fused-ring (bicyclic) bond motifs is 1. The second-order valence-corrected chi connectivity index (χ2v) is 4.89. The van der Waals surface area contributed by atoms with Crippen LogP contribution in [0, 0.1) is 6.92 Å². The zero-order valence-electron chi connectivity index (χ0n) is 11.5. The minimum Gasteiger partial charge on any atom is -0.494 e. The molecule has 0 atom stereocenters. The Kier molecular flexibility index (Phi) is 3.10. The van der Waals surface area contributed by atoms with Crippen molar-refractivity contribution in [3.63, 3.8) is 0 Å². The van der Waals surface area contributed by atoms with E-state index in [1.165, 1.54) is 6.08 Å². The maximum atomic E-state index is 12.0. The first-order valence-corrected chi connectivity index (χ1v) is 6.43. The van der Waals surface area contributed by atoms with Crippen LogP contribution in [-0.4, -0.2) is 21.0 Å². The van der Waals surface area contributed by atoms with E-state index in [4.69, 9.17) is 0 Å². The van der Waals surface area contributed by atoms with Gasteiger partial charge in [0.1, 0.15) is 5.56 Å². The Hall–Kier alpha value is -3.22. The summed E-state index contributed by atoms with van der Waals surface area (Å²) in [5.74, 6) is -1.13. The third-order valence-electron chi connectivity index (χ3n) is 3.22. The van der Waals surface area contributed by atoms with Gasteiger partial charge in [0.2, 0.25) is 5.88 Å². The first kappa shape index (κ1) is 13.7. The van der Waals surface area contributed by atoms with E-state index in [0.717, 1.165) is 10.8 Å². The van der Waals surface area contributed by atoms with E-state index in [-0.39, 0.29) is 11.1 Å². The number of aromatic amines is 2. The summed E-state index contributed by atoms with van der Waals surface area (Å²) in [5, 5.41) is 10.9. The van der Waals surface area contributed by atoms with Crippen LogP contribution >= 0.6 is 0 Å². The number of amides is 1. The second kappa shape index (κ2) is 4.96. The summed E-state index contributed by atoms with van der Waals surface area (Å²) in [6, 6.07) is 5.44. The van der Waals surface area contributed by atoms with Crippen molar-refractivity contribution < 1.29 is 9.90 Å². The zero-order valence-corrected chi connectivity index (χ0v) is 11.5. The Labute approximate surface area is 123 Å². The number of hydrogen-bond donors (Lipinski definition) is 3. The molecule has 0 saturated carbocycles. The first-order valence-electron chi connectivity index (χ1n) is 6.43. The van der Waals surface area contributed by atoms with Gasteiger partial charge in [0.25, 0.3) is 11.5 Å².